The van der Waals surface area contributed by atoms with Crippen LogP contribution in [-0.4, -0.2) is 35.6 Å². The molecule has 0 aromatic carbocycles. The van der Waals surface area contributed by atoms with Crippen LogP contribution >= 0.6 is 0 Å². The van der Waals surface area contributed by atoms with Gasteiger partial charge in [-0.05, 0) is 26.7 Å². The molecule has 0 rings (SSSR count). The number of hydrogen-bond donors (Lipinski definition) is 3. The molecule has 0 aromatic heterocycles. The molecule has 0 aromatic rings. The van der Waals surface area contributed by atoms with Gasteiger partial charge in [-0.15, -0.1) is 0 Å². The van der Waals surface area contributed by atoms with Crippen molar-refractivity contribution in [1.82, 2.24) is 10.6 Å². The Hall–Kier alpha value is -1.10. The summed E-state index contributed by atoms with van der Waals surface area (Å²) in [7, 11) is 0. The molecule has 17 heavy (non-hydrogen) atoms. The Morgan fingerprint density at radius 1 is 1.24 bits per heavy atom. The molecule has 1 unspecified atom stereocenters. The molecule has 0 aliphatic heterocycles. The molecule has 0 aliphatic rings. The molecule has 0 radical (unpaired) electrons. The van der Waals surface area contributed by atoms with Crippen molar-refractivity contribution < 1.29 is 14.7 Å². The Morgan fingerprint density at radius 2 is 1.76 bits per heavy atom. The summed E-state index contributed by atoms with van der Waals surface area (Å²) in [6.45, 7) is 9.94. The second-order valence-corrected chi connectivity index (χ2v) is 5.60. The van der Waals surface area contributed by atoms with Crippen molar-refractivity contribution in [3.05, 3.63) is 0 Å². The van der Waals surface area contributed by atoms with E-state index < -0.39 is 11.9 Å². The van der Waals surface area contributed by atoms with Gasteiger partial charge >= 0.3 is 5.97 Å². The van der Waals surface area contributed by atoms with E-state index in [0.29, 0.717) is 0 Å². The lowest BCUT2D eigenvalue weighted by Crippen LogP contribution is -2.45. The maximum atomic E-state index is 11.5. The molecular formula is C12H24N2O3. The van der Waals surface area contributed by atoms with E-state index in [2.05, 4.69) is 10.6 Å². The monoisotopic (exact) mass is 244 g/mol. The van der Waals surface area contributed by atoms with Crippen LogP contribution in [-0.2, 0) is 9.59 Å². The van der Waals surface area contributed by atoms with Crippen LogP contribution in [0.5, 0.6) is 0 Å². The largest absolute Gasteiger partial charge is 0.481 e. The SMILES string of the molecule is CC(C)C(CNC(=O)CNC(C)(C)C)C(=O)O. The van der Waals surface area contributed by atoms with Gasteiger partial charge in [0.15, 0.2) is 0 Å². The number of rotatable bonds is 6. The lowest BCUT2D eigenvalue weighted by atomic mass is 9.96. The van der Waals surface area contributed by atoms with Crippen molar-refractivity contribution >= 4 is 11.9 Å². The first-order chi connectivity index (χ1) is 7.63. The number of hydrogen-bond acceptors (Lipinski definition) is 3. The second-order valence-electron chi connectivity index (χ2n) is 5.60. The van der Waals surface area contributed by atoms with Crippen molar-refractivity contribution in [3.63, 3.8) is 0 Å². The van der Waals surface area contributed by atoms with Gasteiger partial charge < -0.3 is 15.7 Å². The Bertz CT molecular complexity index is 269. The number of carboxylic acids is 1. The van der Waals surface area contributed by atoms with Gasteiger partial charge in [-0.3, -0.25) is 9.59 Å². The average molecular weight is 244 g/mol. The number of carbonyl (C=O) groups excluding carboxylic acids is 1. The van der Waals surface area contributed by atoms with Gasteiger partial charge in [0.1, 0.15) is 0 Å². The van der Waals surface area contributed by atoms with Crippen molar-refractivity contribution in [2.45, 2.75) is 40.2 Å². The van der Waals surface area contributed by atoms with Crippen LogP contribution in [0.4, 0.5) is 0 Å². The molecular weight excluding hydrogens is 220 g/mol. The fourth-order valence-electron chi connectivity index (χ4n) is 1.24. The van der Waals surface area contributed by atoms with Gasteiger partial charge in [0.05, 0.1) is 12.5 Å². The van der Waals surface area contributed by atoms with E-state index in [4.69, 9.17) is 5.11 Å². The normalized spacial score (nSPS) is 13.5. The third-order valence-corrected chi connectivity index (χ3v) is 2.42. The van der Waals surface area contributed by atoms with E-state index in [1.54, 1.807) is 0 Å². The Balaban J connectivity index is 4.02. The summed E-state index contributed by atoms with van der Waals surface area (Å²) in [6.07, 6.45) is 0. The minimum atomic E-state index is -0.871. The predicted molar refractivity (Wildman–Crippen MR) is 66.7 cm³/mol. The van der Waals surface area contributed by atoms with Crippen LogP contribution in [0.3, 0.4) is 0 Å². The van der Waals surface area contributed by atoms with Gasteiger partial charge in [-0.25, -0.2) is 0 Å². The summed E-state index contributed by atoms with van der Waals surface area (Å²) in [4.78, 5) is 22.4. The first kappa shape index (κ1) is 15.9. The zero-order valence-electron chi connectivity index (χ0n) is 11.3. The summed E-state index contributed by atoms with van der Waals surface area (Å²) in [5.41, 5.74) is -0.123. The molecule has 0 saturated heterocycles. The number of carbonyl (C=O) groups is 2. The van der Waals surface area contributed by atoms with Crippen LogP contribution in [0, 0.1) is 11.8 Å². The molecule has 5 heteroatoms. The van der Waals surface area contributed by atoms with Crippen molar-refractivity contribution in [2.75, 3.05) is 13.1 Å². The molecule has 0 aliphatic carbocycles. The van der Waals surface area contributed by atoms with E-state index in [0.717, 1.165) is 0 Å². The Morgan fingerprint density at radius 3 is 2.12 bits per heavy atom. The highest BCUT2D eigenvalue weighted by atomic mass is 16.4. The molecule has 1 amide bonds. The molecule has 0 spiro atoms. The standard InChI is InChI=1S/C12H24N2O3/c1-8(2)9(11(16)17)6-13-10(15)7-14-12(3,4)5/h8-9,14H,6-7H2,1-5H3,(H,13,15)(H,16,17). The Kier molecular flexibility index (Phi) is 6.16. The lowest BCUT2D eigenvalue weighted by Gasteiger charge is -2.21. The van der Waals surface area contributed by atoms with Crippen molar-refractivity contribution in [3.8, 4) is 0 Å². The first-order valence-electron chi connectivity index (χ1n) is 5.88. The number of aliphatic carboxylic acids is 1. The number of carboxylic acid groups (broad SMARTS) is 1. The summed E-state index contributed by atoms with van der Waals surface area (Å²) >= 11 is 0. The van der Waals surface area contributed by atoms with Gasteiger partial charge in [0.2, 0.25) is 5.91 Å². The number of amides is 1. The highest BCUT2D eigenvalue weighted by Crippen LogP contribution is 2.09. The maximum Gasteiger partial charge on any atom is 0.308 e. The minimum absolute atomic E-state index is 0.00313. The third kappa shape index (κ3) is 7.74. The third-order valence-electron chi connectivity index (χ3n) is 2.42. The topological polar surface area (TPSA) is 78.4 Å². The van der Waals surface area contributed by atoms with Crippen LogP contribution in [0.25, 0.3) is 0 Å². The minimum Gasteiger partial charge on any atom is -0.481 e. The summed E-state index contributed by atoms with van der Waals surface area (Å²) in [5, 5.41) is 14.6. The van der Waals surface area contributed by atoms with E-state index in [1.165, 1.54) is 0 Å². The first-order valence-corrected chi connectivity index (χ1v) is 5.88. The van der Waals surface area contributed by atoms with Crippen molar-refractivity contribution in [1.29, 1.82) is 0 Å². The highest BCUT2D eigenvalue weighted by Gasteiger charge is 2.22. The van der Waals surface area contributed by atoms with Crippen molar-refractivity contribution in [2.24, 2.45) is 11.8 Å². The fourth-order valence-corrected chi connectivity index (χ4v) is 1.24. The van der Waals surface area contributed by atoms with Crippen LogP contribution in [0.2, 0.25) is 0 Å². The molecule has 0 bridgehead atoms. The smallest absolute Gasteiger partial charge is 0.308 e. The van der Waals surface area contributed by atoms with Gasteiger partial charge in [0, 0.05) is 12.1 Å². The quantitative estimate of drug-likeness (QED) is 0.647. The van der Waals surface area contributed by atoms with E-state index in [-0.39, 0.29) is 30.5 Å². The highest BCUT2D eigenvalue weighted by molar-refractivity contribution is 5.79. The van der Waals surface area contributed by atoms with Gasteiger partial charge in [-0.2, -0.15) is 0 Å². The van der Waals surface area contributed by atoms with Crippen LogP contribution in [0.1, 0.15) is 34.6 Å². The summed E-state index contributed by atoms with van der Waals surface area (Å²) in [5.74, 6) is -1.58. The fraction of sp³-hybridized carbons (Fsp3) is 0.833. The summed E-state index contributed by atoms with van der Waals surface area (Å²) in [6, 6.07) is 0. The van der Waals surface area contributed by atoms with E-state index >= 15 is 0 Å². The average Bonchev–Trinajstić information content (AvgIpc) is 2.12. The number of nitrogens with one attached hydrogen (secondary N) is 2. The zero-order valence-corrected chi connectivity index (χ0v) is 11.3. The molecule has 5 nitrogen and oxygen atoms in total. The zero-order chi connectivity index (χ0) is 13.6. The van der Waals surface area contributed by atoms with Crippen LogP contribution in [0.15, 0.2) is 0 Å². The molecule has 0 heterocycles. The van der Waals surface area contributed by atoms with E-state index in [1.807, 2.05) is 34.6 Å². The second kappa shape index (κ2) is 6.59. The molecule has 100 valence electrons. The molecule has 3 N–H and O–H groups in total. The Labute approximate surface area is 103 Å². The molecule has 1 atom stereocenters. The molecule has 0 fully saturated rings. The van der Waals surface area contributed by atoms with Gasteiger partial charge in [-0.1, -0.05) is 13.8 Å². The maximum absolute atomic E-state index is 11.5. The lowest BCUT2D eigenvalue weighted by molar-refractivity contribution is -0.143. The van der Waals surface area contributed by atoms with E-state index in [9.17, 15) is 9.59 Å². The molecule has 0 saturated carbocycles. The predicted octanol–water partition coefficient (Wildman–Crippen LogP) is 0.847. The van der Waals surface area contributed by atoms with Gasteiger partial charge in [0.25, 0.3) is 0 Å². The van der Waals surface area contributed by atoms with Crippen LogP contribution < -0.4 is 10.6 Å². The summed E-state index contributed by atoms with van der Waals surface area (Å²) < 4.78 is 0.